The van der Waals surface area contributed by atoms with Gasteiger partial charge in [0.25, 0.3) is 0 Å². The van der Waals surface area contributed by atoms with Crippen molar-refractivity contribution in [3.05, 3.63) is 29.3 Å². The van der Waals surface area contributed by atoms with E-state index in [-0.39, 0.29) is 0 Å². The molecule has 138 valence electrons. The topological polar surface area (TPSA) is 59.6 Å². The summed E-state index contributed by atoms with van der Waals surface area (Å²) in [4.78, 5) is 11.9. The van der Waals surface area contributed by atoms with Crippen molar-refractivity contribution < 1.29 is 14.3 Å². The van der Waals surface area contributed by atoms with E-state index < -0.39 is 11.7 Å². The van der Waals surface area contributed by atoms with Crippen LogP contribution in [0.3, 0.4) is 0 Å². The van der Waals surface area contributed by atoms with Gasteiger partial charge in [-0.05, 0) is 76.6 Å². The third-order valence-electron chi connectivity index (χ3n) is 4.80. The lowest BCUT2D eigenvalue weighted by Crippen LogP contribution is -2.46. The Hall–Kier alpha value is -1.59. The Balaban J connectivity index is 1.55. The molecule has 1 saturated carbocycles. The maximum absolute atomic E-state index is 11.9. The minimum Gasteiger partial charge on any atom is -0.444 e. The highest BCUT2D eigenvalue weighted by Crippen LogP contribution is 2.35. The van der Waals surface area contributed by atoms with Crippen molar-refractivity contribution >= 4 is 11.8 Å². The summed E-state index contributed by atoms with van der Waals surface area (Å²) in [5, 5.41) is 6.59. The van der Waals surface area contributed by atoms with Gasteiger partial charge in [-0.15, -0.1) is 0 Å². The molecule has 25 heavy (non-hydrogen) atoms. The van der Waals surface area contributed by atoms with Crippen molar-refractivity contribution in [1.82, 2.24) is 5.32 Å². The summed E-state index contributed by atoms with van der Waals surface area (Å²) in [5.41, 5.74) is 2.98. The second kappa shape index (κ2) is 7.34. The number of hydrogen-bond donors (Lipinski definition) is 2. The second-order valence-electron chi connectivity index (χ2n) is 8.04. The van der Waals surface area contributed by atoms with Gasteiger partial charge in [0.05, 0.1) is 6.10 Å². The van der Waals surface area contributed by atoms with Crippen LogP contribution in [0.5, 0.6) is 0 Å². The van der Waals surface area contributed by atoms with E-state index in [9.17, 15) is 4.79 Å². The molecule has 0 aliphatic heterocycles. The Morgan fingerprint density at radius 1 is 1.28 bits per heavy atom. The normalized spacial score (nSPS) is 25.2. The zero-order valence-electron chi connectivity index (χ0n) is 15.7. The van der Waals surface area contributed by atoms with Crippen LogP contribution in [0.25, 0.3) is 0 Å². The molecular weight excluding hydrogens is 316 g/mol. The number of fused-ring (bicyclic) bond motifs is 1. The average Bonchev–Trinajstić information content (AvgIpc) is 2.85. The van der Waals surface area contributed by atoms with E-state index in [0.717, 1.165) is 38.0 Å². The molecule has 3 rings (SSSR count). The van der Waals surface area contributed by atoms with E-state index in [0.29, 0.717) is 18.2 Å². The third-order valence-corrected chi connectivity index (χ3v) is 4.80. The van der Waals surface area contributed by atoms with Crippen LogP contribution < -0.4 is 10.6 Å². The fourth-order valence-electron chi connectivity index (χ4n) is 3.65. The molecule has 1 amide bonds. The predicted molar refractivity (Wildman–Crippen MR) is 98.9 cm³/mol. The van der Waals surface area contributed by atoms with Gasteiger partial charge in [-0.2, -0.15) is 0 Å². The second-order valence-corrected chi connectivity index (χ2v) is 8.04. The Bertz CT molecular complexity index is 618. The number of anilines is 1. The quantitative estimate of drug-likeness (QED) is 0.840. The summed E-state index contributed by atoms with van der Waals surface area (Å²) in [7, 11) is 0. The number of aryl methyl sites for hydroxylation is 1. The first kappa shape index (κ1) is 18.2. The number of nitrogens with one attached hydrogen (secondary N) is 2. The first-order chi connectivity index (χ1) is 11.8. The first-order valence-electron chi connectivity index (χ1n) is 9.34. The SMILES string of the molecule is CCOC1CC(NC2CCc3cc(NC(=O)OC(C)(C)C)ccc32)C1. The molecule has 2 aliphatic carbocycles. The van der Waals surface area contributed by atoms with Crippen LogP contribution in [0.15, 0.2) is 18.2 Å². The standard InChI is InChI=1S/C20H30N2O3/c1-5-24-16-11-15(12-16)21-18-9-6-13-10-14(7-8-17(13)18)22-19(23)25-20(2,3)4/h7-8,10,15-16,18,21H,5-6,9,11-12H2,1-4H3,(H,22,23). The van der Waals surface area contributed by atoms with Crippen LogP contribution in [-0.4, -0.2) is 30.4 Å². The fourth-order valence-corrected chi connectivity index (χ4v) is 3.65. The number of carbonyl (C=O) groups is 1. The van der Waals surface area contributed by atoms with Gasteiger partial charge in [-0.25, -0.2) is 4.79 Å². The zero-order valence-corrected chi connectivity index (χ0v) is 15.7. The van der Waals surface area contributed by atoms with Crippen LogP contribution in [0, 0.1) is 0 Å². The maximum Gasteiger partial charge on any atom is 0.412 e. The van der Waals surface area contributed by atoms with Crippen LogP contribution in [0.2, 0.25) is 0 Å². The van der Waals surface area contributed by atoms with Gasteiger partial charge in [-0.3, -0.25) is 5.32 Å². The monoisotopic (exact) mass is 346 g/mol. The molecule has 5 heteroatoms. The molecule has 2 N–H and O–H groups in total. The molecule has 2 aliphatic rings. The summed E-state index contributed by atoms with van der Waals surface area (Å²) in [6.07, 6.45) is 4.40. The zero-order chi connectivity index (χ0) is 18.0. The van der Waals surface area contributed by atoms with Crippen molar-refractivity contribution in [2.75, 3.05) is 11.9 Å². The Labute approximate surface area is 150 Å². The van der Waals surface area contributed by atoms with Gasteiger partial charge in [0.2, 0.25) is 0 Å². The minimum atomic E-state index is -0.488. The lowest BCUT2D eigenvalue weighted by atomic mass is 9.88. The summed E-state index contributed by atoms with van der Waals surface area (Å²) in [6, 6.07) is 7.15. The summed E-state index contributed by atoms with van der Waals surface area (Å²) in [5.74, 6) is 0. The lowest BCUT2D eigenvalue weighted by Gasteiger charge is -2.37. The smallest absolute Gasteiger partial charge is 0.412 e. The van der Waals surface area contributed by atoms with E-state index in [1.54, 1.807) is 0 Å². The summed E-state index contributed by atoms with van der Waals surface area (Å²) < 4.78 is 10.9. The van der Waals surface area contributed by atoms with Crippen LogP contribution in [0.4, 0.5) is 10.5 Å². The Morgan fingerprint density at radius 2 is 2.04 bits per heavy atom. The molecule has 1 aromatic rings. The molecule has 1 unspecified atom stereocenters. The highest BCUT2D eigenvalue weighted by Gasteiger charge is 2.33. The lowest BCUT2D eigenvalue weighted by molar-refractivity contribution is -0.0124. The van der Waals surface area contributed by atoms with Gasteiger partial charge >= 0.3 is 6.09 Å². The largest absolute Gasteiger partial charge is 0.444 e. The number of hydrogen-bond acceptors (Lipinski definition) is 4. The molecule has 1 fully saturated rings. The van der Waals surface area contributed by atoms with Crippen LogP contribution in [-0.2, 0) is 15.9 Å². The maximum atomic E-state index is 11.9. The molecule has 1 atom stereocenters. The molecule has 0 aromatic heterocycles. The minimum absolute atomic E-state index is 0.406. The van der Waals surface area contributed by atoms with E-state index in [1.165, 1.54) is 11.1 Å². The number of carbonyl (C=O) groups excluding carboxylic acids is 1. The number of rotatable bonds is 5. The number of amides is 1. The van der Waals surface area contributed by atoms with Crippen molar-refractivity contribution in [1.29, 1.82) is 0 Å². The average molecular weight is 346 g/mol. The highest BCUT2D eigenvalue weighted by atomic mass is 16.6. The van der Waals surface area contributed by atoms with E-state index in [1.807, 2.05) is 26.8 Å². The van der Waals surface area contributed by atoms with Crippen LogP contribution >= 0.6 is 0 Å². The Morgan fingerprint density at radius 3 is 2.72 bits per heavy atom. The predicted octanol–water partition coefficient (Wildman–Crippen LogP) is 4.18. The van der Waals surface area contributed by atoms with Crippen molar-refractivity contribution in [2.24, 2.45) is 0 Å². The van der Waals surface area contributed by atoms with Crippen molar-refractivity contribution in [3.8, 4) is 0 Å². The van der Waals surface area contributed by atoms with Gasteiger partial charge in [-0.1, -0.05) is 6.07 Å². The third kappa shape index (κ3) is 4.73. The molecular formula is C20H30N2O3. The van der Waals surface area contributed by atoms with Crippen molar-refractivity contribution in [2.45, 2.75) is 77.2 Å². The summed E-state index contributed by atoms with van der Waals surface area (Å²) >= 11 is 0. The van der Waals surface area contributed by atoms with Crippen LogP contribution in [0.1, 0.15) is 64.1 Å². The van der Waals surface area contributed by atoms with Gasteiger partial charge in [0.15, 0.2) is 0 Å². The summed E-state index contributed by atoms with van der Waals surface area (Å²) in [6.45, 7) is 8.44. The first-order valence-corrected chi connectivity index (χ1v) is 9.34. The fraction of sp³-hybridized carbons (Fsp3) is 0.650. The molecule has 0 spiro atoms. The van der Waals surface area contributed by atoms with Crippen molar-refractivity contribution in [3.63, 3.8) is 0 Å². The van der Waals surface area contributed by atoms with Gasteiger partial charge in [0, 0.05) is 24.4 Å². The molecule has 0 radical (unpaired) electrons. The molecule has 0 bridgehead atoms. The van der Waals surface area contributed by atoms with Gasteiger partial charge < -0.3 is 14.8 Å². The number of ether oxygens (including phenoxy) is 2. The van der Waals surface area contributed by atoms with Gasteiger partial charge in [0.1, 0.15) is 5.60 Å². The Kier molecular flexibility index (Phi) is 5.35. The molecule has 0 saturated heterocycles. The highest BCUT2D eigenvalue weighted by molar-refractivity contribution is 5.85. The molecule has 0 heterocycles. The molecule has 5 nitrogen and oxygen atoms in total. The van der Waals surface area contributed by atoms with E-state index in [4.69, 9.17) is 9.47 Å². The van der Waals surface area contributed by atoms with E-state index in [2.05, 4.69) is 29.7 Å². The molecule has 1 aromatic carbocycles. The number of benzene rings is 1. The van der Waals surface area contributed by atoms with E-state index >= 15 is 0 Å².